The molecule has 0 saturated heterocycles. The Morgan fingerprint density at radius 2 is 2.11 bits per heavy atom. The summed E-state index contributed by atoms with van der Waals surface area (Å²) >= 11 is 3.05. The number of aliphatic hydroxyl groups is 2. The van der Waals surface area contributed by atoms with Crippen molar-refractivity contribution in [1.29, 1.82) is 0 Å². The minimum absolute atomic E-state index is 0.135. The zero-order valence-corrected chi connectivity index (χ0v) is 10.9. The number of rotatable bonds is 5. The summed E-state index contributed by atoms with van der Waals surface area (Å²) in [5.41, 5.74) is 8.17. The maximum absolute atomic E-state index is 9.91. The first-order valence-electron chi connectivity index (χ1n) is 5.23. The van der Waals surface area contributed by atoms with Crippen molar-refractivity contribution in [3.05, 3.63) is 45.0 Å². The van der Waals surface area contributed by atoms with E-state index in [2.05, 4.69) is 10.0 Å². The van der Waals surface area contributed by atoms with Crippen LogP contribution in [0.25, 0.3) is 20.2 Å². The Bertz CT molecular complexity index is 546. The number of thiophene rings is 2. The molecule has 0 aliphatic rings. The molecule has 94 valence electrons. The summed E-state index contributed by atoms with van der Waals surface area (Å²) in [5, 5.41) is 24.8. The summed E-state index contributed by atoms with van der Waals surface area (Å²) in [4.78, 5) is 5.40. The van der Waals surface area contributed by atoms with Gasteiger partial charge in [0.2, 0.25) is 0 Å². The van der Waals surface area contributed by atoms with E-state index in [1.165, 1.54) is 11.3 Å². The number of aliphatic hydroxyl groups excluding tert-OH is 2. The minimum atomic E-state index is -1.07. The lowest BCUT2D eigenvalue weighted by atomic mass is 10.2. The van der Waals surface area contributed by atoms with Gasteiger partial charge in [-0.05, 0) is 29.1 Å². The second kappa shape index (κ2) is 5.99. The van der Waals surface area contributed by atoms with Crippen molar-refractivity contribution in [1.82, 2.24) is 0 Å². The third-order valence-corrected chi connectivity index (χ3v) is 4.60. The van der Waals surface area contributed by atoms with E-state index in [0.29, 0.717) is 4.88 Å². The first-order valence-corrected chi connectivity index (χ1v) is 6.92. The lowest BCUT2D eigenvalue weighted by molar-refractivity contribution is 0.0266. The highest BCUT2D eigenvalue weighted by Crippen LogP contribution is 2.34. The Morgan fingerprint density at radius 1 is 1.28 bits per heavy atom. The average molecular weight is 281 g/mol. The molecular weight excluding hydrogens is 270 g/mol. The minimum Gasteiger partial charge on any atom is -0.390 e. The summed E-state index contributed by atoms with van der Waals surface area (Å²) in [5.74, 6) is 0. The Morgan fingerprint density at radius 3 is 2.78 bits per heavy atom. The van der Waals surface area contributed by atoms with Crippen molar-refractivity contribution in [2.45, 2.75) is 12.2 Å². The lowest BCUT2D eigenvalue weighted by Crippen LogP contribution is -2.20. The molecule has 2 rings (SSSR count). The number of hydrogen-bond donors (Lipinski definition) is 2. The van der Waals surface area contributed by atoms with E-state index in [4.69, 9.17) is 5.53 Å². The Balaban J connectivity index is 2.12. The standard InChI is InChI=1S/C11H11N3O2S2/c12-14-13-6-7(15)11(16)10-4-3-9(18-10)8-2-1-5-17-8/h1-5,7,11,15-16H,6H2. The Hall–Kier alpha value is -1.37. The van der Waals surface area contributed by atoms with Crippen LogP contribution in [0.3, 0.4) is 0 Å². The summed E-state index contributed by atoms with van der Waals surface area (Å²) in [7, 11) is 0. The fourth-order valence-corrected chi connectivity index (χ4v) is 3.36. The van der Waals surface area contributed by atoms with Gasteiger partial charge in [0.1, 0.15) is 6.10 Å². The molecule has 0 radical (unpaired) electrons. The van der Waals surface area contributed by atoms with Crippen LogP contribution in [-0.4, -0.2) is 22.9 Å². The highest BCUT2D eigenvalue weighted by molar-refractivity contribution is 7.21. The van der Waals surface area contributed by atoms with Gasteiger partial charge in [-0.2, -0.15) is 0 Å². The molecule has 0 saturated carbocycles. The Kier molecular flexibility index (Phi) is 4.35. The molecule has 2 unspecified atom stereocenters. The smallest absolute Gasteiger partial charge is 0.114 e. The summed E-state index contributed by atoms with van der Waals surface area (Å²) in [6.45, 7) is -0.135. The molecule has 0 aromatic carbocycles. The third-order valence-electron chi connectivity index (χ3n) is 2.38. The molecule has 2 heterocycles. The van der Waals surface area contributed by atoms with Crippen molar-refractivity contribution >= 4 is 22.7 Å². The van der Waals surface area contributed by atoms with Crippen LogP contribution in [0, 0.1) is 0 Å². The van der Waals surface area contributed by atoms with Crippen LogP contribution in [0.2, 0.25) is 0 Å². The van der Waals surface area contributed by atoms with Crippen molar-refractivity contribution in [3.8, 4) is 9.75 Å². The molecule has 0 fully saturated rings. The molecule has 7 heteroatoms. The van der Waals surface area contributed by atoms with E-state index in [1.807, 2.05) is 23.6 Å². The van der Waals surface area contributed by atoms with Crippen LogP contribution in [0.15, 0.2) is 34.8 Å². The van der Waals surface area contributed by atoms with E-state index in [-0.39, 0.29) is 6.54 Å². The van der Waals surface area contributed by atoms with Gasteiger partial charge in [-0.15, -0.1) is 22.7 Å². The van der Waals surface area contributed by atoms with Crippen LogP contribution in [0.4, 0.5) is 0 Å². The van der Waals surface area contributed by atoms with Gasteiger partial charge < -0.3 is 10.2 Å². The molecule has 5 nitrogen and oxygen atoms in total. The normalized spacial score (nSPS) is 13.9. The van der Waals surface area contributed by atoms with Crippen molar-refractivity contribution in [3.63, 3.8) is 0 Å². The third kappa shape index (κ3) is 2.90. The summed E-state index contributed by atoms with van der Waals surface area (Å²) in [6, 6.07) is 7.66. The van der Waals surface area contributed by atoms with E-state index in [9.17, 15) is 10.2 Å². The lowest BCUT2D eigenvalue weighted by Gasteiger charge is -2.13. The van der Waals surface area contributed by atoms with Crippen LogP contribution in [-0.2, 0) is 0 Å². The molecule has 2 atom stereocenters. The van der Waals surface area contributed by atoms with E-state index >= 15 is 0 Å². The SMILES string of the molecule is [N-]=[N+]=NCC(O)C(O)c1ccc(-c2cccs2)s1. The zero-order chi connectivity index (χ0) is 13.0. The molecule has 0 bridgehead atoms. The van der Waals surface area contributed by atoms with Gasteiger partial charge in [-0.25, -0.2) is 0 Å². The predicted molar refractivity (Wildman–Crippen MR) is 72.6 cm³/mol. The fraction of sp³-hybridized carbons (Fsp3) is 0.273. The van der Waals surface area contributed by atoms with Crippen molar-refractivity contribution < 1.29 is 10.2 Å². The maximum Gasteiger partial charge on any atom is 0.114 e. The van der Waals surface area contributed by atoms with E-state index in [0.717, 1.165) is 9.75 Å². The number of azide groups is 1. The molecule has 2 aromatic heterocycles. The molecule has 0 aliphatic heterocycles. The van der Waals surface area contributed by atoms with Gasteiger partial charge in [0, 0.05) is 19.5 Å². The monoisotopic (exact) mass is 281 g/mol. The van der Waals surface area contributed by atoms with Crippen LogP contribution in [0.5, 0.6) is 0 Å². The molecule has 2 N–H and O–H groups in total. The highest BCUT2D eigenvalue weighted by atomic mass is 32.1. The predicted octanol–water partition coefficient (Wildman–Crippen LogP) is 3.18. The van der Waals surface area contributed by atoms with Crippen LogP contribution >= 0.6 is 22.7 Å². The topological polar surface area (TPSA) is 89.2 Å². The van der Waals surface area contributed by atoms with Gasteiger partial charge in [0.15, 0.2) is 0 Å². The highest BCUT2D eigenvalue weighted by Gasteiger charge is 2.19. The molecule has 2 aromatic rings. The summed E-state index contributed by atoms with van der Waals surface area (Å²) < 4.78 is 0. The van der Waals surface area contributed by atoms with Gasteiger partial charge in [-0.1, -0.05) is 11.2 Å². The zero-order valence-electron chi connectivity index (χ0n) is 9.30. The molecule has 0 spiro atoms. The second-order valence-electron chi connectivity index (χ2n) is 3.60. The van der Waals surface area contributed by atoms with Crippen LogP contribution < -0.4 is 0 Å². The fourth-order valence-electron chi connectivity index (χ4n) is 1.47. The quantitative estimate of drug-likeness (QED) is 0.500. The average Bonchev–Trinajstić information content (AvgIpc) is 3.04. The van der Waals surface area contributed by atoms with E-state index in [1.54, 1.807) is 17.4 Å². The van der Waals surface area contributed by atoms with Crippen molar-refractivity contribution in [2.24, 2.45) is 5.11 Å². The Labute approximate surface area is 112 Å². The largest absolute Gasteiger partial charge is 0.390 e. The van der Waals surface area contributed by atoms with E-state index < -0.39 is 12.2 Å². The number of nitrogens with zero attached hydrogens (tertiary/aromatic N) is 3. The van der Waals surface area contributed by atoms with Crippen molar-refractivity contribution in [2.75, 3.05) is 6.54 Å². The summed E-state index contributed by atoms with van der Waals surface area (Å²) in [6.07, 6.45) is -2.09. The number of hydrogen-bond acceptors (Lipinski definition) is 5. The van der Waals surface area contributed by atoms with Gasteiger partial charge in [0.25, 0.3) is 0 Å². The first-order chi connectivity index (χ1) is 8.72. The molecule has 0 amide bonds. The van der Waals surface area contributed by atoms with Gasteiger partial charge in [-0.3, -0.25) is 0 Å². The maximum atomic E-state index is 9.91. The molecule has 18 heavy (non-hydrogen) atoms. The first kappa shape index (κ1) is 13.1. The molecule has 0 aliphatic carbocycles. The van der Waals surface area contributed by atoms with Gasteiger partial charge in [0.05, 0.1) is 12.6 Å². The van der Waals surface area contributed by atoms with Crippen LogP contribution in [0.1, 0.15) is 11.0 Å². The molecular formula is C11H11N3O2S2. The second-order valence-corrected chi connectivity index (χ2v) is 5.67. The van der Waals surface area contributed by atoms with Gasteiger partial charge >= 0.3 is 0 Å².